The minimum Gasteiger partial charge on any atom is -0.411 e. The zero-order valence-corrected chi connectivity index (χ0v) is 23.1. The summed E-state index contributed by atoms with van der Waals surface area (Å²) in [6, 6.07) is 0. The van der Waals surface area contributed by atoms with Crippen LogP contribution in [-0.2, 0) is 54.2 Å². The summed E-state index contributed by atoms with van der Waals surface area (Å²) in [5.74, 6) is 0. The fraction of sp³-hybridized carbons (Fsp3) is 0.800. The molecule has 140 valence electrons. The minimum absolute atomic E-state index is 0. The molecule has 2 aliphatic rings. The van der Waals surface area contributed by atoms with Crippen molar-refractivity contribution in [1.29, 1.82) is 0 Å². The summed E-state index contributed by atoms with van der Waals surface area (Å²) < 4.78 is 7.87. The van der Waals surface area contributed by atoms with Gasteiger partial charge < -0.3 is 69.0 Å². The van der Waals surface area contributed by atoms with Crippen LogP contribution in [0.4, 0.5) is 0 Å². The average Bonchev–Trinajstić information content (AvgIpc) is 3.07. The normalized spacial score (nSPS) is 23.6. The number of halogens is 6. The zero-order valence-electron chi connectivity index (χ0n) is 12.3. The predicted molar refractivity (Wildman–Crippen MR) is 113 cm³/mol. The van der Waals surface area contributed by atoms with Gasteiger partial charge in [-0.1, -0.05) is 78.2 Å². The molecular weight excluding hydrogens is 586 g/mol. The Kier molecular flexibility index (Phi) is 12.8. The molecule has 0 aromatic rings. The van der Waals surface area contributed by atoms with Gasteiger partial charge in [0.05, 0.1) is 13.2 Å². The number of alkyl halides is 6. The van der Waals surface area contributed by atoms with Crippen molar-refractivity contribution in [2.75, 3.05) is 26.3 Å². The van der Waals surface area contributed by atoms with Crippen LogP contribution in [0.1, 0.15) is 0 Å². The third-order valence-electron chi connectivity index (χ3n) is 2.81. The minimum atomic E-state index is -1.50. The molecule has 0 amide bonds. The number of ether oxygens (including phenoxy) is 2. The molecule has 0 spiro atoms. The van der Waals surface area contributed by atoms with Crippen molar-refractivity contribution in [3.8, 4) is 0 Å². The molecule has 15 heteroatoms. The molecule has 2 aliphatic heterocycles. The second-order valence-corrected chi connectivity index (χ2v) is 11.2. The maximum atomic E-state index is 5.64. The van der Waals surface area contributed by atoms with E-state index in [4.69, 9.17) is 129 Å². The second-order valence-electron chi connectivity index (χ2n) is 4.45. The topological polar surface area (TPSA) is 24.9 Å². The largest absolute Gasteiger partial charge is 2.00 e. The Labute approximate surface area is 210 Å². The summed E-state index contributed by atoms with van der Waals surface area (Å²) in [6.45, 7) is 2.13. The van der Waals surface area contributed by atoms with E-state index in [0.717, 1.165) is 0 Å². The molecule has 0 saturated carbocycles. The van der Waals surface area contributed by atoms with Gasteiger partial charge in [-0.25, -0.2) is 0 Å². The van der Waals surface area contributed by atoms with E-state index < -0.39 is 20.0 Å². The fourth-order valence-electron chi connectivity index (χ4n) is 1.86. The molecule has 0 radical (unpaired) electrons. The number of nitrogens with zero attached hydrogens (tertiary/aromatic N) is 2. The molecule has 2 saturated heterocycles. The first-order valence-electron chi connectivity index (χ1n) is 6.17. The molecule has 0 bridgehead atoms. The molecular formula is C10H10Cl6N2O2S4Zn. The molecule has 0 aliphatic carbocycles. The Balaban J connectivity index is 0.000000443. The standard InChI is InChI=1S/2C5H6Cl3NOS2.Zn/c2*6-5(7,8)3-9(4(11)12)1-2-10-3;/h2*3H,1-2H2,(H,11,12);/q;;+2/p-2. The fourth-order valence-corrected chi connectivity index (χ4v) is 3.69. The molecule has 2 atom stereocenters. The van der Waals surface area contributed by atoms with Crippen LogP contribution in [0.5, 0.6) is 0 Å². The second kappa shape index (κ2) is 11.6. The van der Waals surface area contributed by atoms with Crippen molar-refractivity contribution in [2.45, 2.75) is 20.0 Å². The van der Waals surface area contributed by atoms with E-state index in [1.54, 1.807) is 9.80 Å². The van der Waals surface area contributed by atoms with Gasteiger partial charge in [-0.3, -0.25) is 0 Å². The maximum Gasteiger partial charge on any atom is 2.00 e. The Morgan fingerprint density at radius 1 is 0.800 bits per heavy atom. The van der Waals surface area contributed by atoms with Crippen LogP contribution in [0.15, 0.2) is 0 Å². The molecule has 0 N–H and O–H groups in total. The molecule has 25 heavy (non-hydrogen) atoms. The van der Waals surface area contributed by atoms with E-state index in [-0.39, 0.29) is 28.1 Å². The van der Waals surface area contributed by atoms with Gasteiger partial charge >= 0.3 is 19.5 Å². The molecule has 2 unspecified atom stereocenters. The van der Waals surface area contributed by atoms with Crippen molar-refractivity contribution < 1.29 is 29.0 Å². The summed E-state index contributed by atoms with van der Waals surface area (Å²) >= 11 is 53.0. The Morgan fingerprint density at radius 3 is 1.24 bits per heavy atom. The van der Waals surface area contributed by atoms with E-state index in [1.807, 2.05) is 0 Å². The van der Waals surface area contributed by atoms with Crippen molar-refractivity contribution >= 4 is 128 Å². The van der Waals surface area contributed by atoms with Crippen LogP contribution in [0.2, 0.25) is 0 Å². The Morgan fingerprint density at radius 2 is 1.08 bits per heavy atom. The molecule has 4 nitrogen and oxygen atoms in total. The van der Waals surface area contributed by atoms with E-state index in [0.29, 0.717) is 26.3 Å². The van der Waals surface area contributed by atoms with E-state index in [9.17, 15) is 0 Å². The number of thiocarbonyl (C=S) groups is 2. The number of rotatable bonds is 0. The van der Waals surface area contributed by atoms with Crippen molar-refractivity contribution in [3.63, 3.8) is 0 Å². The molecule has 0 aromatic carbocycles. The summed E-state index contributed by atoms with van der Waals surface area (Å²) in [5.41, 5.74) is 0. The summed E-state index contributed by atoms with van der Waals surface area (Å²) in [4.78, 5) is 3.16. The van der Waals surface area contributed by atoms with E-state index in [1.165, 1.54) is 0 Å². The van der Waals surface area contributed by atoms with E-state index >= 15 is 0 Å². The van der Waals surface area contributed by atoms with Crippen LogP contribution in [0.25, 0.3) is 0 Å². The Hall–Kier alpha value is 2.50. The number of hydrogen-bond acceptors (Lipinski definition) is 6. The third-order valence-corrected chi connectivity index (χ3v) is 4.87. The quantitative estimate of drug-likeness (QED) is 0.181. The van der Waals surface area contributed by atoms with Gasteiger partial charge in [-0.15, -0.1) is 0 Å². The van der Waals surface area contributed by atoms with Gasteiger partial charge in [0.15, 0.2) is 12.5 Å². The zero-order chi connectivity index (χ0) is 18.7. The Bertz CT molecular complexity index is 439. The summed E-state index contributed by atoms with van der Waals surface area (Å²) in [6.07, 6.45) is -1.29. The van der Waals surface area contributed by atoms with Crippen LogP contribution in [0.3, 0.4) is 0 Å². The summed E-state index contributed by atoms with van der Waals surface area (Å²) in [7, 11) is 0. The number of hydrogen-bond donors (Lipinski definition) is 0. The summed E-state index contributed by atoms with van der Waals surface area (Å²) in [5, 5.41) is 0. The first-order valence-corrected chi connectivity index (χ1v) is 10.1. The van der Waals surface area contributed by atoms with Crippen molar-refractivity contribution in [1.82, 2.24) is 9.80 Å². The van der Waals surface area contributed by atoms with Crippen LogP contribution >= 0.6 is 94.0 Å². The molecule has 2 heterocycles. The monoisotopic (exact) mass is 592 g/mol. The third kappa shape index (κ3) is 8.81. The van der Waals surface area contributed by atoms with Gasteiger partial charge in [0, 0.05) is 13.1 Å². The SMILES string of the molecule is S=C([S-])N1CCOC1C(Cl)(Cl)Cl.S=C([S-])N1CCOC1C(Cl)(Cl)Cl.[Zn+2]. The molecule has 2 fully saturated rings. The van der Waals surface area contributed by atoms with Crippen molar-refractivity contribution in [2.24, 2.45) is 0 Å². The predicted octanol–water partition coefficient (Wildman–Crippen LogP) is 3.69. The van der Waals surface area contributed by atoms with Crippen LogP contribution < -0.4 is 0 Å². The van der Waals surface area contributed by atoms with Gasteiger partial charge in [-0.05, 0) is 0 Å². The van der Waals surface area contributed by atoms with Crippen LogP contribution in [-0.4, -0.2) is 64.8 Å². The van der Waals surface area contributed by atoms with Gasteiger partial charge in [0.25, 0.3) is 0 Å². The van der Waals surface area contributed by atoms with Gasteiger partial charge in [0.1, 0.15) is 0 Å². The maximum absolute atomic E-state index is 5.64. The van der Waals surface area contributed by atoms with E-state index in [2.05, 4.69) is 0 Å². The molecule has 2 rings (SSSR count). The van der Waals surface area contributed by atoms with Crippen molar-refractivity contribution in [3.05, 3.63) is 0 Å². The smallest absolute Gasteiger partial charge is 0.411 e. The van der Waals surface area contributed by atoms with Gasteiger partial charge in [-0.2, -0.15) is 0 Å². The molecule has 0 aromatic heterocycles. The first kappa shape index (κ1) is 27.5. The first-order chi connectivity index (χ1) is 10.9. The van der Waals surface area contributed by atoms with Gasteiger partial charge in [0.2, 0.25) is 7.59 Å². The average molecular weight is 597 g/mol. The van der Waals surface area contributed by atoms with Crippen LogP contribution in [0, 0.1) is 0 Å².